The van der Waals surface area contributed by atoms with Gasteiger partial charge in [-0.25, -0.2) is 19.6 Å². The third kappa shape index (κ3) is 16.5. The summed E-state index contributed by atoms with van der Waals surface area (Å²) in [5, 5.41) is 31.7. The molecule has 2 fully saturated rings. The Bertz CT molecular complexity index is 2500. The van der Waals surface area contributed by atoms with Gasteiger partial charge in [-0.05, 0) is 62.8 Å². The fraction of sp³-hybridized carbons (Fsp3) is 0.423. The van der Waals surface area contributed by atoms with Crippen molar-refractivity contribution in [2.24, 2.45) is 11.8 Å². The third-order valence-electron chi connectivity index (χ3n) is 11.9. The largest absolute Gasteiger partial charge is 0.551 e. The van der Waals surface area contributed by atoms with E-state index in [-0.39, 0.29) is 36.1 Å². The fourth-order valence-electron chi connectivity index (χ4n) is 8.18. The van der Waals surface area contributed by atoms with Crippen LogP contribution < -0.4 is 21.3 Å². The Morgan fingerprint density at radius 3 is 1.26 bits per heavy atom. The van der Waals surface area contributed by atoms with Gasteiger partial charge < -0.3 is 59.6 Å². The maximum atomic E-state index is 13.7. The first-order valence-electron chi connectivity index (χ1n) is 24.9. The van der Waals surface area contributed by atoms with Gasteiger partial charge in [0.25, 0.3) is 23.8 Å². The van der Waals surface area contributed by atoms with Crippen LogP contribution in [0.2, 0.25) is 0 Å². The molecule has 0 spiro atoms. The Balaban J connectivity index is 1.01. The van der Waals surface area contributed by atoms with Crippen molar-refractivity contribution in [2.45, 2.75) is 116 Å². The number of aliphatic hydroxyl groups is 2. The van der Waals surface area contributed by atoms with Gasteiger partial charge in [0.1, 0.15) is 36.7 Å². The van der Waals surface area contributed by atoms with Crippen LogP contribution in [0.3, 0.4) is 0 Å². The average Bonchev–Trinajstić information content (AvgIpc) is 3.39. The minimum Gasteiger partial charge on any atom is -0.508 e. The molecule has 0 bridgehead atoms. The Kier molecular flexibility index (Phi) is 20.8. The highest BCUT2D eigenvalue weighted by Crippen LogP contribution is 2.23. The lowest BCUT2D eigenvalue weighted by Crippen LogP contribution is -2.60. The van der Waals surface area contributed by atoms with Crippen LogP contribution in [0.4, 0.5) is 0 Å². The molecule has 6 N–H and O–H groups in total. The highest BCUT2D eigenvalue weighted by molar-refractivity contribution is 6.50. The number of nitrogens with one attached hydrogen (secondary N) is 4. The summed E-state index contributed by atoms with van der Waals surface area (Å²) in [6.45, 7) is 8.85. The molecule has 6 rings (SSSR count). The van der Waals surface area contributed by atoms with E-state index in [2.05, 4.69) is 31.2 Å². The van der Waals surface area contributed by atoms with Gasteiger partial charge in [0.2, 0.25) is 11.8 Å². The zero-order valence-electron chi connectivity index (χ0n) is 42.9. The molecular weight excluding hydrogens is 986 g/mol. The maximum Gasteiger partial charge on any atom is 0.551 e. The first kappa shape index (κ1) is 57.7. The summed E-state index contributed by atoms with van der Waals surface area (Å²) < 4.78 is 33.1. The molecule has 0 saturated carbocycles. The lowest BCUT2D eigenvalue weighted by Gasteiger charge is -2.33. The number of aromatic nitrogens is 2. The molecular formula is C52H62B2N6O16. The van der Waals surface area contributed by atoms with Crippen molar-refractivity contribution >= 4 is 61.7 Å². The Morgan fingerprint density at radius 1 is 0.553 bits per heavy atom. The van der Waals surface area contributed by atoms with Crippen LogP contribution >= 0.6 is 0 Å². The maximum absolute atomic E-state index is 13.7. The SMILES string of the molecule is CC(C)C[C@H](NC(=O)C(NC(=O)c1cccc(-c2ccccc2)n1)[C@@H](C)O)B1OC(=O)C[C@@H](C(=O)OCCOC(=O)[C@@H]2CC(=O)OB([C@H](CC(C)C)NC(=O)[C@@H](NC(=O)c3cccc(-c4ccccc4)n3)[C@@H](C)O)O2)O1. The lowest BCUT2D eigenvalue weighted by atomic mass is 9.72. The number of rotatable bonds is 23. The van der Waals surface area contributed by atoms with Gasteiger partial charge in [0.05, 0.1) is 48.3 Å². The number of ether oxygens (including phenoxy) is 2. The van der Waals surface area contributed by atoms with E-state index in [1.807, 2.05) is 88.4 Å². The number of benzene rings is 2. The quantitative estimate of drug-likeness (QED) is 0.0353. The Hall–Kier alpha value is -7.53. The molecule has 8 atom stereocenters. The molecule has 22 nitrogen and oxygen atoms in total. The fourth-order valence-corrected chi connectivity index (χ4v) is 8.18. The summed E-state index contributed by atoms with van der Waals surface area (Å²) in [7, 11) is -3.01. The topological polar surface area (TPSA) is 306 Å². The van der Waals surface area contributed by atoms with Crippen molar-refractivity contribution in [2.75, 3.05) is 13.2 Å². The van der Waals surface area contributed by atoms with Crippen LogP contribution in [0.15, 0.2) is 97.1 Å². The lowest BCUT2D eigenvalue weighted by molar-refractivity contribution is -0.168. The molecule has 1 unspecified atom stereocenters. The zero-order chi connectivity index (χ0) is 55.1. The molecule has 2 aliphatic rings. The molecule has 2 aromatic heterocycles. The van der Waals surface area contributed by atoms with Crippen molar-refractivity contribution in [1.82, 2.24) is 31.2 Å². The first-order valence-corrected chi connectivity index (χ1v) is 24.9. The second-order valence-electron chi connectivity index (χ2n) is 19.1. The number of carbonyl (C=O) groups is 8. The molecule has 76 heavy (non-hydrogen) atoms. The van der Waals surface area contributed by atoms with Gasteiger partial charge in [0.15, 0.2) is 12.2 Å². The summed E-state index contributed by atoms with van der Waals surface area (Å²) in [5.74, 6) is -9.32. The molecule has 4 amide bonds. The Labute approximate surface area is 440 Å². The van der Waals surface area contributed by atoms with Crippen molar-refractivity contribution in [3.8, 4) is 22.5 Å². The predicted octanol–water partition coefficient (Wildman–Crippen LogP) is 2.34. The number of hydrogen-bond acceptors (Lipinski definition) is 18. The second kappa shape index (κ2) is 27.3. The molecule has 4 heterocycles. The van der Waals surface area contributed by atoms with Crippen molar-refractivity contribution in [1.29, 1.82) is 0 Å². The summed E-state index contributed by atoms with van der Waals surface area (Å²) in [4.78, 5) is 115. The smallest absolute Gasteiger partial charge is 0.508 e. The van der Waals surface area contributed by atoms with Crippen LogP contribution in [0.1, 0.15) is 88.2 Å². The van der Waals surface area contributed by atoms with E-state index in [0.717, 1.165) is 11.1 Å². The van der Waals surface area contributed by atoms with Gasteiger partial charge >= 0.3 is 26.2 Å². The number of aliphatic hydroxyl groups excluding tert-OH is 2. The highest BCUT2D eigenvalue weighted by Gasteiger charge is 2.47. The number of hydrogen-bond donors (Lipinski definition) is 6. The predicted molar refractivity (Wildman–Crippen MR) is 273 cm³/mol. The first-order chi connectivity index (χ1) is 36.3. The number of amides is 4. The monoisotopic (exact) mass is 1050 g/mol. The minimum atomic E-state index is -1.52. The minimum absolute atomic E-state index is 0.0117. The molecule has 2 aromatic carbocycles. The molecule has 24 heteroatoms. The van der Waals surface area contributed by atoms with Crippen molar-refractivity contribution in [3.05, 3.63) is 108 Å². The molecule has 4 aromatic rings. The van der Waals surface area contributed by atoms with Gasteiger partial charge in [-0.2, -0.15) is 0 Å². The zero-order valence-corrected chi connectivity index (χ0v) is 42.9. The molecule has 2 aliphatic heterocycles. The third-order valence-corrected chi connectivity index (χ3v) is 11.9. The molecule has 0 aliphatic carbocycles. The van der Waals surface area contributed by atoms with E-state index in [1.54, 1.807) is 24.3 Å². The molecule has 0 radical (unpaired) electrons. The number of esters is 2. The van der Waals surface area contributed by atoms with Gasteiger partial charge in [-0.1, -0.05) is 100 Å². The number of pyridine rings is 2. The number of nitrogens with zero attached hydrogens (tertiary/aromatic N) is 2. The Morgan fingerprint density at radius 2 is 0.921 bits per heavy atom. The van der Waals surface area contributed by atoms with E-state index in [9.17, 15) is 48.6 Å². The highest BCUT2D eigenvalue weighted by atomic mass is 16.7. The average molecular weight is 1050 g/mol. The summed E-state index contributed by atoms with van der Waals surface area (Å²) in [5.41, 5.74) is 2.51. The van der Waals surface area contributed by atoms with Gasteiger partial charge in [-0.3, -0.25) is 28.8 Å². The standard InChI is InChI=1S/C52H62B2N6O16/c1-29(2)25-41(57-49(67)45(31(5)61)59-47(65)37-21-13-19-35(55-37)33-15-9-7-10-16-33)53-73-39(27-43(63)75-53)51(69)71-23-24-72-52(70)40-28-44(64)76-54(74-40)42(26-30(3)4)58-50(68)46(32(6)62)60-48(66)38-22-14-20-36(56-38)34-17-11-8-12-18-34/h7-22,29-32,39-42,45-46,61-62H,23-28H2,1-6H3,(H,57,67)(H,58,68)(H,59,65)(H,60,66)/t31-,32-,39+,40+,41+,42+,45+,46?/m1/s1. The normalized spacial score (nSPS) is 17.9. The van der Waals surface area contributed by atoms with E-state index < -0.39 is 136 Å². The van der Waals surface area contributed by atoms with E-state index >= 15 is 0 Å². The summed E-state index contributed by atoms with van der Waals surface area (Å²) >= 11 is 0. The van der Waals surface area contributed by atoms with Crippen molar-refractivity contribution < 1.29 is 76.7 Å². The van der Waals surface area contributed by atoms with E-state index in [4.69, 9.17) is 28.1 Å². The van der Waals surface area contributed by atoms with Gasteiger partial charge in [0, 0.05) is 11.1 Å². The van der Waals surface area contributed by atoms with Crippen LogP contribution in [0.5, 0.6) is 0 Å². The van der Waals surface area contributed by atoms with E-state index in [0.29, 0.717) is 11.4 Å². The van der Waals surface area contributed by atoms with Crippen LogP contribution in [-0.2, 0) is 56.9 Å². The number of carbonyl (C=O) groups excluding carboxylic acids is 8. The molecule has 402 valence electrons. The second-order valence-corrected chi connectivity index (χ2v) is 19.1. The van der Waals surface area contributed by atoms with Crippen LogP contribution in [-0.4, -0.2) is 144 Å². The van der Waals surface area contributed by atoms with Crippen molar-refractivity contribution in [3.63, 3.8) is 0 Å². The summed E-state index contributed by atoms with van der Waals surface area (Å²) in [6, 6.07) is 24.9. The van der Waals surface area contributed by atoms with E-state index in [1.165, 1.54) is 26.0 Å². The van der Waals surface area contributed by atoms with Gasteiger partial charge in [-0.15, -0.1) is 0 Å². The summed E-state index contributed by atoms with van der Waals surface area (Å²) in [6.07, 6.45) is -6.62. The molecule has 2 saturated heterocycles. The van der Waals surface area contributed by atoms with Crippen LogP contribution in [0.25, 0.3) is 22.5 Å². The van der Waals surface area contributed by atoms with Crippen LogP contribution in [0, 0.1) is 11.8 Å².